The van der Waals surface area contributed by atoms with Gasteiger partial charge in [-0.05, 0) is 40.5 Å². The fourth-order valence-corrected chi connectivity index (χ4v) is 2.18. The molecule has 2 amide bonds. The Morgan fingerprint density at radius 3 is 2.90 bits per heavy atom. The molecule has 0 fully saturated rings. The molecule has 0 saturated carbocycles. The Kier molecular flexibility index (Phi) is 5.18. The van der Waals surface area contributed by atoms with E-state index in [1.807, 2.05) is 31.2 Å². The van der Waals surface area contributed by atoms with Crippen LogP contribution in [0.5, 0.6) is 0 Å². The van der Waals surface area contributed by atoms with Crippen LogP contribution in [0.3, 0.4) is 0 Å². The van der Waals surface area contributed by atoms with Crippen molar-refractivity contribution in [2.75, 3.05) is 5.32 Å². The second kappa shape index (κ2) is 6.89. The molecule has 104 valence electrons. The summed E-state index contributed by atoms with van der Waals surface area (Å²) in [4.78, 5) is 11.6. The van der Waals surface area contributed by atoms with Crippen molar-refractivity contribution in [2.45, 2.75) is 6.92 Å². The molecular weight excluding hydrogens is 437 g/mol. The number of furan rings is 1. The van der Waals surface area contributed by atoms with Gasteiger partial charge in [0.15, 0.2) is 3.77 Å². The van der Waals surface area contributed by atoms with E-state index in [0.717, 1.165) is 13.8 Å². The second-order valence-electron chi connectivity index (χ2n) is 3.96. The van der Waals surface area contributed by atoms with Gasteiger partial charge in [0, 0.05) is 34.3 Å². The molecule has 1 aromatic carbocycles. The number of rotatable bonds is 3. The highest BCUT2D eigenvalue weighted by Crippen LogP contribution is 2.21. The fourth-order valence-electron chi connectivity index (χ4n) is 1.46. The molecule has 1 heterocycles. The summed E-state index contributed by atoms with van der Waals surface area (Å²) in [5.74, 6) is 0.553. The quantitative estimate of drug-likeness (QED) is 0.422. The summed E-state index contributed by atoms with van der Waals surface area (Å²) in [5.41, 5.74) is 4.16. The van der Waals surface area contributed by atoms with Gasteiger partial charge in [-0.15, -0.1) is 0 Å². The van der Waals surface area contributed by atoms with Crippen LogP contribution in [-0.2, 0) is 0 Å². The number of nitrogens with one attached hydrogen (secondary N) is 2. The Bertz CT molecular complexity index is 635. The lowest BCUT2D eigenvalue weighted by Crippen LogP contribution is -2.24. The molecule has 0 radical (unpaired) electrons. The van der Waals surface area contributed by atoms with Crippen LogP contribution in [0, 0.1) is 10.7 Å². The number of hydrogen-bond acceptors (Lipinski definition) is 3. The predicted molar refractivity (Wildman–Crippen MR) is 90.1 cm³/mol. The lowest BCUT2D eigenvalue weighted by atomic mass is 10.2. The first kappa shape index (κ1) is 15.0. The van der Waals surface area contributed by atoms with Gasteiger partial charge in [-0.3, -0.25) is 0 Å². The van der Waals surface area contributed by atoms with E-state index in [1.165, 1.54) is 6.21 Å². The first-order chi connectivity index (χ1) is 9.54. The molecule has 2 N–H and O–H groups in total. The van der Waals surface area contributed by atoms with Crippen molar-refractivity contribution in [1.82, 2.24) is 5.43 Å². The Labute approximate surface area is 138 Å². The van der Waals surface area contributed by atoms with Crippen molar-refractivity contribution in [3.63, 3.8) is 0 Å². The third-order valence-corrected chi connectivity index (χ3v) is 4.43. The molecule has 0 aliphatic heterocycles. The van der Waals surface area contributed by atoms with Crippen LogP contribution in [0.1, 0.15) is 11.3 Å². The van der Waals surface area contributed by atoms with Crippen LogP contribution in [-0.4, -0.2) is 12.2 Å². The van der Waals surface area contributed by atoms with Crippen LogP contribution in [0.2, 0.25) is 0 Å². The van der Waals surface area contributed by atoms with Crippen molar-refractivity contribution >= 4 is 56.5 Å². The van der Waals surface area contributed by atoms with Crippen LogP contribution in [0.15, 0.2) is 44.3 Å². The molecule has 20 heavy (non-hydrogen) atoms. The molecule has 2 rings (SSSR count). The summed E-state index contributed by atoms with van der Waals surface area (Å²) in [6.45, 7) is 1.96. The third-order valence-electron chi connectivity index (χ3n) is 2.30. The number of hydrazone groups is 1. The Morgan fingerprint density at radius 2 is 2.25 bits per heavy atom. The number of amides is 2. The van der Waals surface area contributed by atoms with Crippen LogP contribution < -0.4 is 10.7 Å². The summed E-state index contributed by atoms with van der Waals surface area (Å²) in [7, 11) is 0. The molecule has 0 aliphatic rings. The molecule has 0 spiro atoms. The first-order valence-corrected chi connectivity index (χ1v) is 7.53. The molecule has 0 atom stereocenters. The fraction of sp³-hybridized carbons (Fsp3) is 0.0769. The number of benzene rings is 1. The van der Waals surface area contributed by atoms with E-state index in [0.29, 0.717) is 11.4 Å². The highest BCUT2D eigenvalue weighted by atomic mass is 127. The van der Waals surface area contributed by atoms with Crippen LogP contribution in [0.4, 0.5) is 10.5 Å². The van der Waals surface area contributed by atoms with Gasteiger partial charge in [-0.25, -0.2) is 10.2 Å². The average Bonchev–Trinajstić information content (AvgIpc) is 2.68. The summed E-state index contributed by atoms with van der Waals surface area (Å²) in [5, 5.41) is 6.49. The van der Waals surface area contributed by atoms with E-state index >= 15 is 0 Å². The van der Waals surface area contributed by atoms with Gasteiger partial charge in [0.2, 0.25) is 0 Å². The van der Waals surface area contributed by atoms with Crippen molar-refractivity contribution in [2.24, 2.45) is 5.10 Å². The molecule has 5 nitrogen and oxygen atoms in total. The SMILES string of the molecule is Cc1cccc(NC(=O)N/N=C/c2cc(Br)c(I)o2)c1. The van der Waals surface area contributed by atoms with Crippen molar-refractivity contribution in [3.05, 3.63) is 49.9 Å². The standard InChI is InChI=1S/C13H11BrIN3O2/c1-8-3-2-4-9(5-8)17-13(19)18-16-7-10-6-11(14)12(15)20-10/h2-7H,1H3,(H2,17,18,19)/b16-7+. The summed E-state index contributed by atoms with van der Waals surface area (Å²) in [6, 6.07) is 8.86. The first-order valence-electron chi connectivity index (χ1n) is 5.66. The number of carbonyl (C=O) groups excluding carboxylic acids is 1. The van der Waals surface area contributed by atoms with Gasteiger partial charge in [0.05, 0.1) is 10.7 Å². The number of hydrogen-bond donors (Lipinski definition) is 2. The van der Waals surface area contributed by atoms with Crippen LogP contribution >= 0.6 is 38.5 Å². The third kappa shape index (κ3) is 4.34. The lowest BCUT2D eigenvalue weighted by molar-refractivity contribution is 0.252. The molecule has 0 aliphatic carbocycles. The number of carbonyl (C=O) groups is 1. The van der Waals surface area contributed by atoms with E-state index in [1.54, 1.807) is 6.07 Å². The van der Waals surface area contributed by atoms with Gasteiger partial charge < -0.3 is 9.73 Å². The molecule has 0 bridgehead atoms. The van der Waals surface area contributed by atoms with E-state index < -0.39 is 6.03 Å². The highest BCUT2D eigenvalue weighted by Gasteiger charge is 2.04. The zero-order chi connectivity index (χ0) is 14.5. The van der Waals surface area contributed by atoms with Crippen LogP contribution in [0.25, 0.3) is 0 Å². The zero-order valence-corrected chi connectivity index (χ0v) is 14.2. The number of halogens is 2. The van der Waals surface area contributed by atoms with E-state index in [9.17, 15) is 4.79 Å². The molecule has 2 aromatic rings. The van der Waals surface area contributed by atoms with E-state index in [2.05, 4.69) is 54.4 Å². The van der Waals surface area contributed by atoms with Gasteiger partial charge >= 0.3 is 6.03 Å². The predicted octanol–water partition coefficient (Wildman–Crippen LogP) is 4.11. The van der Waals surface area contributed by atoms with Crippen molar-refractivity contribution in [3.8, 4) is 0 Å². The maximum atomic E-state index is 11.6. The van der Waals surface area contributed by atoms with Gasteiger partial charge in [0.25, 0.3) is 0 Å². The average molecular weight is 448 g/mol. The van der Waals surface area contributed by atoms with E-state index in [4.69, 9.17) is 4.42 Å². The molecule has 1 aromatic heterocycles. The van der Waals surface area contributed by atoms with E-state index in [-0.39, 0.29) is 0 Å². The van der Waals surface area contributed by atoms with Gasteiger partial charge in [0.1, 0.15) is 5.76 Å². The molecule has 0 unspecified atom stereocenters. The maximum absolute atomic E-state index is 11.6. The molecular formula is C13H11BrIN3O2. The Morgan fingerprint density at radius 1 is 1.45 bits per heavy atom. The summed E-state index contributed by atoms with van der Waals surface area (Å²) < 4.78 is 6.93. The monoisotopic (exact) mass is 447 g/mol. The Hall–Kier alpha value is -1.35. The Balaban J connectivity index is 1.89. The molecule has 0 saturated heterocycles. The summed E-state index contributed by atoms with van der Waals surface area (Å²) >= 11 is 5.38. The molecule has 7 heteroatoms. The number of aryl methyl sites for hydroxylation is 1. The number of urea groups is 1. The number of nitrogens with zero attached hydrogens (tertiary/aromatic N) is 1. The second-order valence-corrected chi connectivity index (χ2v) is 5.80. The largest absolute Gasteiger partial charge is 0.448 e. The normalized spacial score (nSPS) is 10.8. The summed E-state index contributed by atoms with van der Waals surface area (Å²) in [6.07, 6.45) is 1.43. The zero-order valence-electron chi connectivity index (χ0n) is 10.5. The van der Waals surface area contributed by atoms with Gasteiger partial charge in [-0.2, -0.15) is 5.10 Å². The minimum atomic E-state index is -0.410. The van der Waals surface area contributed by atoms with Crippen molar-refractivity contribution < 1.29 is 9.21 Å². The van der Waals surface area contributed by atoms with Gasteiger partial charge in [-0.1, -0.05) is 12.1 Å². The minimum absolute atomic E-state index is 0.410. The highest BCUT2D eigenvalue weighted by molar-refractivity contribution is 14.1. The van der Waals surface area contributed by atoms with Crippen molar-refractivity contribution in [1.29, 1.82) is 0 Å². The smallest absolute Gasteiger partial charge is 0.339 e. The topological polar surface area (TPSA) is 66.6 Å². The lowest BCUT2D eigenvalue weighted by Gasteiger charge is -2.04. The maximum Gasteiger partial charge on any atom is 0.339 e. The minimum Gasteiger partial charge on any atom is -0.448 e. The number of anilines is 1.